The maximum atomic E-state index is 12.7. The van der Waals surface area contributed by atoms with E-state index >= 15 is 0 Å². The quantitative estimate of drug-likeness (QED) is 0.599. The number of phenols is 1. The van der Waals surface area contributed by atoms with E-state index in [1.165, 1.54) is 0 Å². The van der Waals surface area contributed by atoms with Crippen molar-refractivity contribution in [3.05, 3.63) is 29.1 Å². The van der Waals surface area contributed by atoms with Gasteiger partial charge in [-0.05, 0) is 6.07 Å². The van der Waals surface area contributed by atoms with Crippen LogP contribution in [0.4, 0.5) is 4.39 Å². The van der Waals surface area contributed by atoms with Gasteiger partial charge >= 0.3 is 0 Å². The zero-order chi connectivity index (χ0) is 8.72. The third kappa shape index (κ3) is 0.845. The number of hydrogen-bond donors (Lipinski definition) is 2. The van der Waals surface area contributed by atoms with Crippen LogP contribution in [0.25, 0.3) is 0 Å². The van der Waals surface area contributed by atoms with Crippen LogP contribution < -0.4 is 5.32 Å². The number of phenolic OH excluding ortho intramolecular Hbond substituents is 1. The van der Waals surface area contributed by atoms with Crippen molar-refractivity contribution in [1.82, 2.24) is 5.32 Å². The van der Waals surface area contributed by atoms with Crippen molar-refractivity contribution in [2.45, 2.75) is 6.54 Å². The zero-order valence-corrected chi connectivity index (χ0v) is 6.10. The molecule has 1 aromatic rings. The van der Waals surface area contributed by atoms with Gasteiger partial charge in [-0.25, -0.2) is 4.39 Å². The third-order valence-corrected chi connectivity index (χ3v) is 1.86. The Balaban J connectivity index is 2.68. The lowest BCUT2D eigenvalue weighted by Gasteiger charge is -1.98. The van der Waals surface area contributed by atoms with Gasteiger partial charge in [0.2, 0.25) is 0 Å². The number of fused-ring (bicyclic) bond motifs is 1. The van der Waals surface area contributed by atoms with Gasteiger partial charge < -0.3 is 10.4 Å². The van der Waals surface area contributed by atoms with E-state index in [0.29, 0.717) is 5.56 Å². The number of aromatic hydroxyl groups is 1. The van der Waals surface area contributed by atoms with E-state index in [4.69, 9.17) is 0 Å². The van der Waals surface area contributed by atoms with Crippen LogP contribution in [0.2, 0.25) is 0 Å². The van der Waals surface area contributed by atoms with Crippen molar-refractivity contribution < 1.29 is 14.3 Å². The molecule has 0 aliphatic carbocycles. The molecule has 0 saturated carbocycles. The van der Waals surface area contributed by atoms with Crippen LogP contribution in [0.1, 0.15) is 15.9 Å². The maximum Gasteiger partial charge on any atom is 0.252 e. The second-order valence-electron chi connectivity index (χ2n) is 2.63. The highest BCUT2D eigenvalue weighted by molar-refractivity contribution is 5.99. The molecule has 2 N–H and O–H groups in total. The summed E-state index contributed by atoms with van der Waals surface area (Å²) in [5, 5.41) is 11.7. The molecule has 0 bridgehead atoms. The van der Waals surface area contributed by atoms with Gasteiger partial charge in [0.1, 0.15) is 11.6 Å². The highest BCUT2D eigenvalue weighted by atomic mass is 19.1. The largest absolute Gasteiger partial charge is 0.507 e. The SMILES string of the molecule is O=C1NCc2c(O)cc(F)cc21. The van der Waals surface area contributed by atoms with E-state index in [1.54, 1.807) is 0 Å². The van der Waals surface area contributed by atoms with Gasteiger partial charge in [-0.2, -0.15) is 0 Å². The molecule has 0 radical (unpaired) electrons. The number of nitrogens with one attached hydrogen (secondary N) is 1. The Labute approximate surface area is 67.8 Å². The summed E-state index contributed by atoms with van der Waals surface area (Å²) in [4.78, 5) is 11.0. The van der Waals surface area contributed by atoms with Crippen molar-refractivity contribution in [3.8, 4) is 5.75 Å². The van der Waals surface area contributed by atoms with Gasteiger partial charge in [-0.3, -0.25) is 4.79 Å². The summed E-state index contributed by atoms with van der Waals surface area (Å²) in [7, 11) is 0. The minimum atomic E-state index is -0.594. The second-order valence-corrected chi connectivity index (χ2v) is 2.63. The monoisotopic (exact) mass is 167 g/mol. The van der Waals surface area contributed by atoms with E-state index in [-0.39, 0.29) is 23.8 Å². The Morgan fingerprint density at radius 2 is 2.25 bits per heavy atom. The van der Waals surface area contributed by atoms with Crippen molar-refractivity contribution >= 4 is 5.91 Å². The van der Waals surface area contributed by atoms with Gasteiger partial charge in [0.15, 0.2) is 0 Å². The maximum absolute atomic E-state index is 12.7. The minimum Gasteiger partial charge on any atom is -0.507 e. The molecule has 0 atom stereocenters. The fourth-order valence-electron chi connectivity index (χ4n) is 1.27. The van der Waals surface area contributed by atoms with E-state index < -0.39 is 5.82 Å². The molecule has 1 heterocycles. The number of halogens is 1. The van der Waals surface area contributed by atoms with Gasteiger partial charge in [0.05, 0.1) is 5.56 Å². The molecule has 1 aromatic carbocycles. The average molecular weight is 167 g/mol. The van der Waals surface area contributed by atoms with E-state index in [9.17, 15) is 14.3 Å². The predicted octanol–water partition coefficient (Wildman–Crippen LogP) is 0.775. The number of rotatable bonds is 0. The van der Waals surface area contributed by atoms with Gasteiger partial charge in [0, 0.05) is 18.2 Å². The zero-order valence-electron chi connectivity index (χ0n) is 6.10. The van der Waals surface area contributed by atoms with E-state index in [1.807, 2.05) is 0 Å². The Morgan fingerprint density at radius 3 is 3.00 bits per heavy atom. The summed E-state index contributed by atoms with van der Waals surface area (Å²) in [6.45, 7) is 0.278. The summed E-state index contributed by atoms with van der Waals surface area (Å²) in [5.41, 5.74) is 0.703. The van der Waals surface area contributed by atoms with Crippen LogP contribution >= 0.6 is 0 Å². The van der Waals surface area contributed by atoms with E-state index in [0.717, 1.165) is 12.1 Å². The number of carbonyl (C=O) groups excluding carboxylic acids is 1. The van der Waals surface area contributed by atoms with Crippen LogP contribution in [-0.4, -0.2) is 11.0 Å². The summed E-state index contributed by atoms with van der Waals surface area (Å²) < 4.78 is 12.7. The van der Waals surface area contributed by atoms with Gasteiger partial charge in [0.25, 0.3) is 5.91 Å². The van der Waals surface area contributed by atoms with Crippen LogP contribution in [-0.2, 0) is 6.54 Å². The number of hydrogen-bond acceptors (Lipinski definition) is 2. The second kappa shape index (κ2) is 2.20. The highest BCUT2D eigenvalue weighted by Gasteiger charge is 2.22. The molecular formula is C8H6FNO2. The molecular weight excluding hydrogens is 161 g/mol. The summed E-state index contributed by atoms with van der Waals surface area (Å²) >= 11 is 0. The Kier molecular flexibility index (Phi) is 1.30. The van der Waals surface area contributed by atoms with Crippen LogP contribution in [0, 0.1) is 5.82 Å². The molecule has 62 valence electrons. The first kappa shape index (κ1) is 7.09. The molecule has 1 aliphatic heterocycles. The molecule has 2 rings (SSSR count). The van der Waals surface area contributed by atoms with Crippen molar-refractivity contribution in [3.63, 3.8) is 0 Å². The molecule has 0 spiro atoms. The third-order valence-electron chi connectivity index (χ3n) is 1.86. The fraction of sp³-hybridized carbons (Fsp3) is 0.125. The molecule has 0 aromatic heterocycles. The Bertz CT molecular complexity index is 362. The first-order valence-electron chi connectivity index (χ1n) is 3.48. The predicted molar refractivity (Wildman–Crippen MR) is 39.2 cm³/mol. The number of benzene rings is 1. The van der Waals surface area contributed by atoms with Gasteiger partial charge in [-0.15, -0.1) is 0 Å². The summed E-state index contributed by atoms with van der Waals surface area (Å²) in [6.07, 6.45) is 0. The van der Waals surface area contributed by atoms with Crippen LogP contribution in [0.15, 0.2) is 12.1 Å². The first-order chi connectivity index (χ1) is 5.68. The standard InChI is InChI=1S/C8H6FNO2/c9-4-1-5-6(7(11)2-4)3-10-8(5)12/h1-2,11H,3H2,(H,10,12). The molecule has 1 aliphatic rings. The molecule has 4 heteroatoms. The fourth-order valence-corrected chi connectivity index (χ4v) is 1.27. The lowest BCUT2D eigenvalue weighted by atomic mass is 10.1. The van der Waals surface area contributed by atoms with E-state index in [2.05, 4.69) is 5.32 Å². The smallest absolute Gasteiger partial charge is 0.252 e. The van der Waals surface area contributed by atoms with Crippen LogP contribution in [0.3, 0.4) is 0 Å². The van der Waals surface area contributed by atoms with Crippen molar-refractivity contribution in [2.24, 2.45) is 0 Å². The summed E-state index contributed by atoms with van der Waals surface area (Å²) in [6, 6.07) is 2.12. The normalized spacial score (nSPS) is 14.2. The van der Waals surface area contributed by atoms with Crippen LogP contribution in [0.5, 0.6) is 5.75 Å². The molecule has 0 unspecified atom stereocenters. The molecule has 0 saturated heterocycles. The average Bonchev–Trinajstić information content (AvgIpc) is 2.33. The molecule has 1 amide bonds. The van der Waals surface area contributed by atoms with Crippen molar-refractivity contribution in [1.29, 1.82) is 0 Å². The number of amides is 1. The van der Waals surface area contributed by atoms with Gasteiger partial charge in [-0.1, -0.05) is 0 Å². The first-order valence-corrected chi connectivity index (χ1v) is 3.48. The lowest BCUT2D eigenvalue weighted by molar-refractivity contribution is 0.0965. The number of carbonyl (C=O) groups is 1. The molecule has 0 fully saturated rings. The topological polar surface area (TPSA) is 49.3 Å². The molecule has 12 heavy (non-hydrogen) atoms. The minimum absolute atomic E-state index is 0.164. The Hall–Kier alpha value is -1.58. The highest BCUT2D eigenvalue weighted by Crippen LogP contribution is 2.26. The lowest BCUT2D eigenvalue weighted by Crippen LogP contribution is -2.12. The Morgan fingerprint density at radius 1 is 1.50 bits per heavy atom. The molecule has 3 nitrogen and oxygen atoms in total. The summed E-state index contributed by atoms with van der Waals surface area (Å²) in [5.74, 6) is -1.09. The van der Waals surface area contributed by atoms with Crippen molar-refractivity contribution in [2.75, 3.05) is 0 Å².